The van der Waals surface area contributed by atoms with Crippen LogP contribution in [-0.2, 0) is 5.41 Å². The van der Waals surface area contributed by atoms with E-state index >= 15 is 0 Å². The van der Waals surface area contributed by atoms with Crippen LogP contribution in [0.1, 0.15) is 36.1 Å². The molecule has 58 heavy (non-hydrogen) atoms. The van der Waals surface area contributed by atoms with Gasteiger partial charge in [0.05, 0.1) is 27.6 Å². The summed E-state index contributed by atoms with van der Waals surface area (Å²) in [5.41, 5.74) is 15.5. The molecule has 5 heteroatoms. The number of hydrogen-bond acceptors (Lipinski definition) is 2. The smallest absolute Gasteiger partial charge is 0.147 e. The normalized spacial score (nSPS) is 12.1. The summed E-state index contributed by atoms with van der Waals surface area (Å²) in [5.74, 6) is 1.79. The van der Waals surface area contributed by atoms with Crippen molar-refractivity contribution in [1.29, 1.82) is 0 Å². The highest BCUT2D eigenvalue weighted by atomic mass is 15.1. The number of para-hydroxylation sites is 3. The molecule has 0 bridgehead atoms. The van der Waals surface area contributed by atoms with E-state index in [0.29, 0.717) is 0 Å². The summed E-state index contributed by atoms with van der Waals surface area (Å²) >= 11 is 0. The van der Waals surface area contributed by atoms with E-state index < -0.39 is 0 Å². The molecule has 0 saturated heterocycles. The minimum absolute atomic E-state index is 0.275. The number of aromatic nitrogens is 5. The van der Waals surface area contributed by atoms with Gasteiger partial charge < -0.3 is 4.98 Å². The summed E-state index contributed by atoms with van der Waals surface area (Å²) in [6, 6.07) is 58.9. The van der Waals surface area contributed by atoms with Crippen LogP contribution in [0.2, 0.25) is 0 Å². The maximum Gasteiger partial charge on any atom is 0.147 e. The molecule has 0 aliphatic heterocycles. The first kappa shape index (κ1) is 34.0. The zero-order valence-electron chi connectivity index (χ0n) is 33.0. The summed E-state index contributed by atoms with van der Waals surface area (Å²) in [6.45, 7) is 9.06. The summed E-state index contributed by atoms with van der Waals surface area (Å²) in [6.07, 6.45) is 1.86. The number of rotatable bonds is 6. The Morgan fingerprint density at radius 2 is 1.29 bits per heavy atom. The van der Waals surface area contributed by atoms with E-state index in [1.807, 2.05) is 18.3 Å². The van der Waals surface area contributed by atoms with Crippen molar-refractivity contribution >= 4 is 54.6 Å². The summed E-state index contributed by atoms with van der Waals surface area (Å²) in [5, 5.41) is 4.86. The maximum atomic E-state index is 5.72. The van der Waals surface area contributed by atoms with Gasteiger partial charge in [0.25, 0.3) is 0 Å². The Morgan fingerprint density at radius 1 is 0.552 bits per heavy atom. The summed E-state index contributed by atoms with van der Waals surface area (Å²) in [7, 11) is 0. The van der Waals surface area contributed by atoms with Crippen LogP contribution in [0.3, 0.4) is 0 Å². The minimum atomic E-state index is -0.275. The molecule has 4 heterocycles. The lowest BCUT2D eigenvalue weighted by molar-refractivity contribution is 0.642. The van der Waals surface area contributed by atoms with Gasteiger partial charge in [-0.1, -0.05) is 117 Å². The number of nitrogens with one attached hydrogen (secondary N) is 1. The number of aromatic amines is 1. The minimum Gasteiger partial charge on any atom is -0.354 e. The van der Waals surface area contributed by atoms with E-state index in [2.05, 4.69) is 193 Å². The molecule has 278 valence electrons. The standard InChI is InChI=1S/C53H41N5/c1-33-28-34(2)49-42-31-37(53(3,4)36-16-7-5-8-17-36)32-43(50(42)55-44(49)29-33)52-56-51-39(21-15-23-46(51)57(52)38-18-9-6-10-19-38)35-25-26-41-40-20-11-12-22-45(40)58(47(41)30-35)48-24-13-14-27-54-48/h5-32,55H,1-4H3. The molecule has 1 N–H and O–H groups in total. The Labute approximate surface area is 336 Å². The molecule has 0 saturated carbocycles. The number of imidazole rings is 1. The van der Waals surface area contributed by atoms with Gasteiger partial charge in [0.15, 0.2) is 0 Å². The first-order chi connectivity index (χ1) is 28.3. The van der Waals surface area contributed by atoms with Crippen molar-refractivity contribution in [3.63, 3.8) is 0 Å². The second-order valence-corrected chi connectivity index (χ2v) is 16.1. The Kier molecular flexibility index (Phi) is 7.57. The van der Waals surface area contributed by atoms with E-state index in [0.717, 1.165) is 67.1 Å². The Bertz CT molecular complexity index is 3370. The third-order valence-corrected chi connectivity index (χ3v) is 12.2. The van der Waals surface area contributed by atoms with Gasteiger partial charge >= 0.3 is 0 Å². The average molecular weight is 748 g/mol. The van der Waals surface area contributed by atoms with Gasteiger partial charge in [-0.3, -0.25) is 9.13 Å². The van der Waals surface area contributed by atoms with E-state index in [1.165, 1.54) is 43.8 Å². The molecule has 7 aromatic carbocycles. The van der Waals surface area contributed by atoms with E-state index in [-0.39, 0.29) is 5.41 Å². The fourth-order valence-electron chi connectivity index (χ4n) is 9.31. The van der Waals surface area contributed by atoms with Crippen LogP contribution in [0.15, 0.2) is 170 Å². The highest BCUT2D eigenvalue weighted by molar-refractivity contribution is 6.14. The highest BCUT2D eigenvalue weighted by Crippen LogP contribution is 2.44. The molecule has 0 unspecified atom stereocenters. The maximum absolute atomic E-state index is 5.72. The van der Waals surface area contributed by atoms with Gasteiger partial charge in [0.2, 0.25) is 0 Å². The third kappa shape index (κ3) is 5.16. The second kappa shape index (κ2) is 12.9. The van der Waals surface area contributed by atoms with Gasteiger partial charge in [-0.25, -0.2) is 9.97 Å². The molecule has 0 atom stereocenters. The Hall–Kier alpha value is -7.24. The van der Waals surface area contributed by atoms with Gasteiger partial charge in [0, 0.05) is 55.5 Å². The molecule has 0 fully saturated rings. The van der Waals surface area contributed by atoms with Crippen LogP contribution in [0.5, 0.6) is 0 Å². The molecule has 0 amide bonds. The summed E-state index contributed by atoms with van der Waals surface area (Å²) in [4.78, 5) is 14.4. The summed E-state index contributed by atoms with van der Waals surface area (Å²) < 4.78 is 4.62. The number of nitrogens with zero attached hydrogens (tertiary/aromatic N) is 4. The van der Waals surface area contributed by atoms with Crippen molar-refractivity contribution in [3.8, 4) is 34.0 Å². The fraction of sp³-hybridized carbons (Fsp3) is 0.0943. The Balaban J connectivity index is 1.22. The van der Waals surface area contributed by atoms with Crippen LogP contribution < -0.4 is 0 Å². The van der Waals surface area contributed by atoms with Gasteiger partial charge in [-0.2, -0.15) is 0 Å². The van der Waals surface area contributed by atoms with Crippen molar-refractivity contribution in [3.05, 3.63) is 192 Å². The molecule has 4 aromatic heterocycles. The fourth-order valence-corrected chi connectivity index (χ4v) is 9.31. The predicted octanol–water partition coefficient (Wildman–Crippen LogP) is 13.4. The molecular weight excluding hydrogens is 707 g/mol. The van der Waals surface area contributed by atoms with Crippen molar-refractivity contribution in [2.45, 2.75) is 33.1 Å². The van der Waals surface area contributed by atoms with Crippen LogP contribution in [0.4, 0.5) is 0 Å². The monoisotopic (exact) mass is 747 g/mol. The van der Waals surface area contributed by atoms with Crippen molar-refractivity contribution in [2.24, 2.45) is 0 Å². The number of benzene rings is 7. The quantitative estimate of drug-likeness (QED) is 0.184. The van der Waals surface area contributed by atoms with Gasteiger partial charge in [0.1, 0.15) is 11.6 Å². The van der Waals surface area contributed by atoms with Gasteiger partial charge in [-0.05, 0) is 102 Å². The zero-order chi connectivity index (χ0) is 39.1. The van der Waals surface area contributed by atoms with Gasteiger partial charge in [-0.15, -0.1) is 0 Å². The lowest BCUT2D eigenvalue weighted by Gasteiger charge is -2.27. The van der Waals surface area contributed by atoms with Crippen LogP contribution in [0, 0.1) is 13.8 Å². The molecule has 0 aliphatic rings. The van der Waals surface area contributed by atoms with Crippen LogP contribution in [-0.4, -0.2) is 24.1 Å². The molecule has 0 aliphatic carbocycles. The molecule has 5 nitrogen and oxygen atoms in total. The Morgan fingerprint density at radius 3 is 2.10 bits per heavy atom. The number of H-pyrrole nitrogens is 1. The first-order valence-corrected chi connectivity index (χ1v) is 20.0. The molecule has 11 rings (SSSR count). The number of hydrogen-bond donors (Lipinski definition) is 1. The lowest BCUT2D eigenvalue weighted by Crippen LogP contribution is -2.19. The lowest BCUT2D eigenvalue weighted by atomic mass is 9.77. The molecular formula is C53H41N5. The topological polar surface area (TPSA) is 51.4 Å². The largest absolute Gasteiger partial charge is 0.354 e. The molecule has 11 aromatic rings. The number of fused-ring (bicyclic) bond motifs is 7. The second-order valence-electron chi connectivity index (χ2n) is 16.1. The average Bonchev–Trinajstić information content (AvgIpc) is 3.94. The molecule has 0 spiro atoms. The first-order valence-electron chi connectivity index (χ1n) is 20.0. The zero-order valence-corrected chi connectivity index (χ0v) is 33.0. The van der Waals surface area contributed by atoms with E-state index in [9.17, 15) is 0 Å². The van der Waals surface area contributed by atoms with Crippen molar-refractivity contribution in [2.75, 3.05) is 0 Å². The number of pyridine rings is 1. The van der Waals surface area contributed by atoms with E-state index in [4.69, 9.17) is 9.97 Å². The van der Waals surface area contributed by atoms with Crippen LogP contribution >= 0.6 is 0 Å². The number of aryl methyl sites for hydroxylation is 2. The molecule has 0 radical (unpaired) electrons. The van der Waals surface area contributed by atoms with Crippen molar-refractivity contribution in [1.82, 2.24) is 24.1 Å². The van der Waals surface area contributed by atoms with Crippen molar-refractivity contribution < 1.29 is 0 Å². The SMILES string of the molecule is Cc1cc(C)c2c(c1)[nH]c1c(-c3nc4c(-c5ccc6c7ccccc7n(-c7ccccn7)c6c5)cccc4n3-c3ccccc3)cc(C(C)(C)c3ccccc3)cc12. The third-order valence-electron chi connectivity index (χ3n) is 12.2. The van der Waals surface area contributed by atoms with E-state index in [1.54, 1.807) is 0 Å². The predicted molar refractivity (Wildman–Crippen MR) is 241 cm³/mol. The highest BCUT2D eigenvalue weighted by Gasteiger charge is 2.28. The van der Waals surface area contributed by atoms with Crippen LogP contribution in [0.25, 0.3) is 88.7 Å².